The summed E-state index contributed by atoms with van der Waals surface area (Å²) in [4.78, 5) is 0. The second kappa shape index (κ2) is 4.42. The minimum atomic E-state index is -3.53. The predicted octanol–water partition coefficient (Wildman–Crippen LogP) is 0.686. The highest BCUT2D eigenvalue weighted by Gasteiger charge is 2.27. The van der Waals surface area contributed by atoms with Gasteiger partial charge >= 0.3 is 0 Å². The Morgan fingerprint density at radius 1 is 1.41 bits per heavy atom. The summed E-state index contributed by atoms with van der Waals surface area (Å²) in [5.41, 5.74) is 6.39. The first-order chi connectivity index (χ1) is 8.00. The highest BCUT2D eigenvalue weighted by Crippen LogP contribution is 2.25. The molecule has 0 spiro atoms. The van der Waals surface area contributed by atoms with Gasteiger partial charge in [-0.15, -0.1) is 0 Å². The maximum atomic E-state index is 11.6. The summed E-state index contributed by atoms with van der Waals surface area (Å²) in [5.74, 6) is 0.584. The van der Waals surface area contributed by atoms with Gasteiger partial charge in [-0.05, 0) is 25.0 Å². The fraction of sp³-hybridized carbons (Fsp3) is 0.400. The fourth-order valence-electron chi connectivity index (χ4n) is 1.36. The van der Waals surface area contributed by atoms with Gasteiger partial charge in [0.05, 0.1) is 18.5 Å². The quantitative estimate of drug-likeness (QED) is 0.676. The lowest BCUT2D eigenvalue weighted by molar-refractivity contribution is 0.415. The van der Waals surface area contributed by atoms with E-state index in [1.54, 1.807) is 18.2 Å². The molecular formula is C10H15N3O3S. The number of benzene rings is 1. The standard InChI is InChI=1S/C10H15N3O3S/c1-16-8-4-5-10(9(11)6-8)13-17(14,15)12-7-2-3-7/h4-7,12-13H,2-3,11H2,1H3. The SMILES string of the molecule is COc1ccc(NS(=O)(=O)NC2CC2)c(N)c1. The number of anilines is 2. The first-order valence-corrected chi connectivity index (χ1v) is 6.72. The Morgan fingerprint density at radius 3 is 2.65 bits per heavy atom. The van der Waals surface area contributed by atoms with Crippen molar-refractivity contribution in [1.29, 1.82) is 0 Å². The Balaban J connectivity index is 2.12. The van der Waals surface area contributed by atoms with Crippen molar-refractivity contribution in [2.75, 3.05) is 17.6 Å². The van der Waals surface area contributed by atoms with Crippen molar-refractivity contribution >= 4 is 21.6 Å². The maximum Gasteiger partial charge on any atom is 0.299 e. The van der Waals surface area contributed by atoms with E-state index in [0.29, 0.717) is 17.1 Å². The van der Waals surface area contributed by atoms with Crippen molar-refractivity contribution in [3.63, 3.8) is 0 Å². The number of methoxy groups -OCH3 is 1. The van der Waals surface area contributed by atoms with Crippen molar-refractivity contribution in [1.82, 2.24) is 4.72 Å². The van der Waals surface area contributed by atoms with Crippen LogP contribution in [-0.4, -0.2) is 21.6 Å². The molecule has 0 aliphatic heterocycles. The van der Waals surface area contributed by atoms with Crippen LogP contribution >= 0.6 is 0 Å². The fourth-order valence-corrected chi connectivity index (χ4v) is 2.56. The van der Waals surface area contributed by atoms with Crippen molar-refractivity contribution in [3.05, 3.63) is 18.2 Å². The zero-order valence-electron chi connectivity index (χ0n) is 9.43. The maximum absolute atomic E-state index is 11.6. The van der Waals surface area contributed by atoms with E-state index in [1.165, 1.54) is 7.11 Å². The number of nitrogens with two attached hydrogens (primary N) is 1. The van der Waals surface area contributed by atoms with Gasteiger partial charge in [0, 0.05) is 12.1 Å². The number of hydrogen-bond acceptors (Lipinski definition) is 4. The molecule has 0 bridgehead atoms. The molecule has 0 saturated heterocycles. The molecule has 1 aliphatic rings. The normalized spacial score (nSPS) is 15.6. The molecule has 6 nitrogen and oxygen atoms in total. The predicted molar refractivity (Wildman–Crippen MR) is 66.1 cm³/mol. The minimum absolute atomic E-state index is 0.0620. The van der Waals surface area contributed by atoms with E-state index in [4.69, 9.17) is 10.5 Å². The van der Waals surface area contributed by atoms with E-state index in [2.05, 4.69) is 9.44 Å². The molecule has 17 heavy (non-hydrogen) atoms. The number of nitrogen functional groups attached to an aromatic ring is 1. The molecule has 1 aliphatic carbocycles. The number of ether oxygens (including phenoxy) is 1. The summed E-state index contributed by atoms with van der Waals surface area (Å²) < 4.78 is 33.2. The van der Waals surface area contributed by atoms with Crippen LogP contribution in [0.25, 0.3) is 0 Å². The molecular weight excluding hydrogens is 242 g/mol. The highest BCUT2D eigenvalue weighted by atomic mass is 32.2. The van der Waals surface area contributed by atoms with E-state index >= 15 is 0 Å². The lowest BCUT2D eigenvalue weighted by atomic mass is 10.2. The number of rotatable bonds is 5. The van der Waals surface area contributed by atoms with E-state index in [1.807, 2.05) is 0 Å². The third-order valence-electron chi connectivity index (χ3n) is 2.40. The van der Waals surface area contributed by atoms with Gasteiger partial charge in [0.1, 0.15) is 5.75 Å². The first-order valence-electron chi connectivity index (χ1n) is 5.24. The Hall–Kier alpha value is -1.47. The van der Waals surface area contributed by atoms with Crippen LogP contribution in [-0.2, 0) is 10.2 Å². The summed E-state index contributed by atoms with van der Waals surface area (Å²) in [6.45, 7) is 0. The highest BCUT2D eigenvalue weighted by molar-refractivity contribution is 7.90. The number of nitrogens with one attached hydrogen (secondary N) is 2. The largest absolute Gasteiger partial charge is 0.497 e. The zero-order valence-corrected chi connectivity index (χ0v) is 10.3. The molecule has 4 N–H and O–H groups in total. The summed E-state index contributed by atoms with van der Waals surface area (Å²) in [6, 6.07) is 4.84. The van der Waals surface area contributed by atoms with Crippen molar-refractivity contribution in [3.8, 4) is 5.75 Å². The first kappa shape index (κ1) is 12.0. The average Bonchev–Trinajstić information content (AvgIpc) is 3.04. The van der Waals surface area contributed by atoms with Gasteiger partial charge < -0.3 is 10.5 Å². The monoisotopic (exact) mass is 257 g/mol. The van der Waals surface area contributed by atoms with Crippen LogP contribution in [0.4, 0.5) is 11.4 Å². The van der Waals surface area contributed by atoms with E-state index in [-0.39, 0.29) is 6.04 Å². The van der Waals surface area contributed by atoms with Crippen LogP contribution in [0, 0.1) is 0 Å². The van der Waals surface area contributed by atoms with Crippen LogP contribution in [0.15, 0.2) is 18.2 Å². The van der Waals surface area contributed by atoms with Crippen molar-refractivity contribution in [2.24, 2.45) is 0 Å². The molecule has 1 aromatic carbocycles. The third kappa shape index (κ3) is 3.24. The van der Waals surface area contributed by atoms with Gasteiger partial charge in [-0.2, -0.15) is 13.1 Å². The molecule has 2 rings (SSSR count). The van der Waals surface area contributed by atoms with E-state index < -0.39 is 10.2 Å². The van der Waals surface area contributed by atoms with Gasteiger partial charge in [0.15, 0.2) is 0 Å². The molecule has 0 unspecified atom stereocenters. The molecule has 7 heteroatoms. The Labute approximate surface area is 100 Å². The van der Waals surface area contributed by atoms with Crippen LogP contribution in [0.1, 0.15) is 12.8 Å². The smallest absolute Gasteiger partial charge is 0.299 e. The summed E-state index contributed by atoms with van der Waals surface area (Å²) in [6.07, 6.45) is 1.78. The van der Waals surface area contributed by atoms with E-state index in [0.717, 1.165) is 12.8 Å². The lowest BCUT2D eigenvalue weighted by Crippen LogP contribution is -2.32. The molecule has 1 fully saturated rings. The van der Waals surface area contributed by atoms with Gasteiger partial charge in [-0.1, -0.05) is 0 Å². The van der Waals surface area contributed by atoms with Gasteiger partial charge in [-0.3, -0.25) is 4.72 Å². The Bertz CT molecular complexity index is 512. The molecule has 94 valence electrons. The molecule has 0 radical (unpaired) electrons. The second-order valence-corrected chi connectivity index (χ2v) is 5.40. The molecule has 0 amide bonds. The van der Waals surface area contributed by atoms with Crippen LogP contribution < -0.4 is 19.9 Å². The summed E-state index contributed by atoms with van der Waals surface area (Å²) in [5, 5.41) is 0. The molecule has 0 aromatic heterocycles. The van der Waals surface area contributed by atoms with Crippen LogP contribution in [0.2, 0.25) is 0 Å². The van der Waals surface area contributed by atoms with Gasteiger partial charge in [0.2, 0.25) is 0 Å². The Kier molecular flexibility index (Phi) is 3.12. The van der Waals surface area contributed by atoms with Gasteiger partial charge in [0.25, 0.3) is 10.2 Å². The van der Waals surface area contributed by atoms with Gasteiger partial charge in [-0.25, -0.2) is 0 Å². The third-order valence-corrected chi connectivity index (χ3v) is 3.53. The van der Waals surface area contributed by atoms with E-state index in [9.17, 15) is 8.42 Å². The van der Waals surface area contributed by atoms with Crippen LogP contribution in [0.3, 0.4) is 0 Å². The molecule has 1 aromatic rings. The average molecular weight is 257 g/mol. The zero-order chi connectivity index (χ0) is 12.5. The number of hydrogen-bond donors (Lipinski definition) is 3. The molecule has 0 atom stereocenters. The molecule has 0 heterocycles. The topological polar surface area (TPSA) is 93.4 Å². The summed E-state index contributed by atoms with van der Waals surface area (Å²) >= 11 is 0. The molecule has 1 saturated carbocycles. The second-order valence-electron chi connectivity index (χ2n) is 3.95. The van der Waals surface area contributed by atoms with Crippen molar-refractivity contribution < 1.29 is 13.2 Å². The van der Waals surface area contributed by atoms with Crippen molar-refractivity contribution in [2.45, 2.75) is 18.9 Å². The minimum Gasteiger partial charge on any atom is -0.497 e. The Morgan fingerprint density at radius 2 is 2.12 bits per heavy atom. The lowest BCUT2D eigenvalue weighted by Gasteiger charge is -2.11. The summed E-state index contributed by atoms with van der Waals surface area (Å²) in [7, 11) is -2.01. The van der Waals surface area contributed by atoms with Crippen LogP contribution in [0.5, 0.6) is 5.75 Å².